The zero-order valence-corrected chi connectivity index (χ0v) is 11.6. The van der Waals surface area contributed by atoms with E-state index in [2.05, 4.69) is 15.3 Å². The van der Waals surface area contributed by atoms with Crippen molar-refractivity contribution in [3.05, 3.63) is 76.7 Å². The SMILES string of the molecule is Cc1ccccc1Nc1ncc(-c2ccccc2)c(=O)[nH]1. The normalized spacial score (nSPS) is 10.3. The van der Waals surface area contributed by atoms with Crippen molar-refractivity contribution >= 4 is 11.6 Å². The maximum atomic E-state index is 12.2. The van der Waals surface area contributed by atoms with Gasteiger partial charge in [0.15, 0.2) is 0 Å². The number of nitrogens with zero attached hydrogens (tertiary/aromatic N) is 1. The number of H-pyrrole nitrogens is 1. The lowest BCUT2D eigenvalue weighted by atomic mass is 10.1. The Bertz CT molecular complexity index is 810. The number of para-hydroxylation sites is 1. The molecular weight excluding hydrogens is 262 g/mol. The van der Waals surface area contributed by atoms with Crippen molar-refractivity contribution in [1.29, 1.82) is 0 Å². The third-order valence-corrected chi connectivity index (χ3v) is 3.28. The van der Waals surface area contributed by atoms with Gasteiger partial charge in [-0.25, -0.2) is 4.98 Å². The second kappa shape index (κ2) is 5.63. The second-order valence-corrected chi connectivity index (χ2v) is 4.78. The highest BCUT2D eigenvalue weighted by Crippen LogP contribution is 2.18. The molecule has 1 heterocycles. The molecule has 4 heteroatoms. The highest BCUT2D eigenvalue weighted by atomic mass is 16.1. The van der Waals surface area contributed by atoms with E-state index in [0.29, 0.717) is 11.5 Å². The number of hydrogen-bond acceptors (Lipinski definition) is 3. The van der Waals surface area contributed by atoms with E-state index in [-0.39, 0.29) is 5.56 Å². The summed E-state index contributed by atoms with van der Waals surface area (Å²) >= 11 is 0. The minimum absolute atomic E-state index is 0.160. The van der Waals surface area contributed by atoms with Gasteiger partial charge in [-0.05, 0) is 24.1 Å². The second-order valence-electron chi connectivity index (χ2n) is 4.78. The Morgan fingerprint density at radius 1 is 1.00 bits per heavy atom. The molecule has 0 aliphatic heterocycles. The molecule has 0 radical (unpaired) electrons. The van der Waals surface area contributed by atoms with Gasteiger partial charge in [0.05, 0.1) is 5.56 Å². The monoisotopic (exact) mass is 277 g/mol. The molecule has 0 saturated heterocycles. The Balaban J connectivity index is 1.92. The molecule has 0 fully saturated rings. The lowest BCUT2D eigenvalue weighted by molar-refractivity contribution is 1.12. The average molecular weight is 277 g/mol. The molecule has 104 valence electrons. The van der Waals surface area contributed by atoms with E-state index in [1.165, 1.54) is 0 Å². The standard InChI is InChI=1S/C17H15N3O/c1-12-7-5-6-10-15(12)19-17-18-11-14(16(21)20-17)13-8-3-2-4-9-13/h2-11H,1H3,(H2,18,19,20,21). The number of aryl methyl sites for hydroxylation is 1. The lowest BCUT2D eigenvalue weighted by Crippen LogP contribution is -2.12. The zero-order valence-electron chi connectivity index (χ0n) is 11.6. The van der Waals surface area contributed by atoms with Crippen LogP contribution in [0.3, 0.4) is 0 Å². The summed E-state index contributed by atoms with van der Waals surface area (Å²) in [5, 5.41) is 3.13. The molecule has 4 nitrogen and oxygen atoms in total. The Hall–Kier alpha value is -2.88. The first-order valence-electron chi connectivity index (χ1n) is 6.71. The fourth-order valence-corrected chi connectivity index (χ4v) is 2.12. The summed E-state index contributed by atoms with van der Waals surface area (Å²) in [5.41, 5.74) is 3.27. The van der Waals surface area contributed by atoms with Gasteiger partial charge in [-0.3, -0.25) is 9.78 Å². The number of aromatic nitrogens is 2. The number of hydrogen-bond donors (Lipinski definition) is 2. The molecule has 0 amide bonds. The molecular formula is C17H15N3O. The number of aromatic amines is 1. The summed E-state index contributed by atoms with van der Waals surface area (Å²) < 4.78 is 0. The van der Waals surface area contributed by atoms with Crippen LogP contribution in [0.2, 0.25) is 0 Å². The van der Waals surface area contributed by atoms with Crippen LogP contribution < -0.4 is 10.9 Å². The first-order chi connectivity index (χ1) is 10.2. The van der Waals surface area contributed by atoms with Crippen molar-refractivity contribution < 1.29 is 0 Å². The van der Waals surface area contributed by atoms with E-state index in [1.54, 1.807) is 6.20 Å². The van der Waals surface area contributed by atoms with Gasteiger partial charge < -0.3 is 5.32 Å². The van der Waals surface area contributed by atoms with Crippen LogP contribution in [-0.2, 0) is 0 Å². The summed E-state index contributed by atoms with van der Waals surface area (Å²) in [7, 11) is 0. The summed E-state index contributed by atoms with van der Waals surface area (Å²) in [6.45, 7) is 2.00. The third-order valence-electron chi connectivity index (χ3n) is 3.28. The van der Waals surface area contributed by atoms with E-state index >= 15 is 0 Å². The minimum atomic E-state index is -0.160. The Labute approximate surface area is 122 Å². The van der Waals surface area contributed by atoms with Crippen LogP contribution in [0, 0.1) is 6.92 Å². The van der Waals surface area contributed by atoms with Gasteiger partial charge in [-0.1, -0.05) is 48.5 Å². The Morgan fingerprint density at radius 3 is 2.43 bits per heavy atom. The molecule has 3 rings (SSSR count). The molecule has 21 heavy (non-hydrogen) atoms. The highest BCUT2D eigenvalue weighted by Gasteiger charge is 2.05. The summed E-state index contributed by atoms with van der Waals surface area (Å²) in [5.74, 6) is 0.439. The first kappa shape index (κ1) is 13.1. The molecule has 0 bridgehead atoms. The smallest absolute Gasteiger partial charge is 0.260 e. The summed E-state index contributed by atoms with van der Waals surface area (Å²) in [4.78, 5) is 19.2. The molecule has 0 aliphatic carbocycles. The van der Waals surface area contributed by atoms with Crippen molar-refractivity contribution in [3.8, 4) is 11.1 Å². The van der Waals surface area contributed by atoms with Crippen molar-refractivity contribution in [2.24, 2.45) is 0 Å². The van der Waals surface area contributed by atoms with E-state index in [1.807, 2.05) is 61.5 Å². The van der Waals surface area contributed by atoms with Crippen molar-refractivity contribution in [1.82, 2.24) is 9.97 Å². The van der Waals surface area contributed by atoms with Crippen LogP contribution in [0.5, 0.6) is 0 Å². The molecule has 2 N–H and O–H groups in total. The van der Waals surface area contributed by atoms with Gasteiger partial charge in [-0.15, -0.1) is 0 Å². The number of rotatable bonds is 3. The van der Waals surface area contributed by atoms with Crippen molar-refractivity contribution in [3.63, 3.8) is 0 Å². The number of benzene rings is 2. The predicted octanol–water partition coefficient (Wildman–Crippen LogP) is 3.49. The van der Waals surface area contributed by atoms with E-state index < -0.39 is 0 Å². The molecule has 2 aromatic carbocycles. The molecule has 0 spiro atoms. The predicted molar refractivity (Wildman–Crippen MR) is 84.8 cm³/mol. The van der Waals surface area contributed by atoms with Crippen LogP contribution in [0.4, 0.5) is 11.6 Å². The number of nitrogens with one attached hydrogen (secondary N) is 2. The topological polar surface area (TPSA) is 57.8 Å². The highest BCUT2D eigenvalue weighted by molar-refractivity contribution is 5.63. The van der Waals surface area contributed by atoms with Gasteiger partial charge in [0.25, 0.3) is 5.56 Å². The molecule has 0 saturated carbocycles. The van der Waals surface area contributed by atoms with Gasteiger partial charge in [0.1, 0.15) is 0 Å². The van der Waals surface area contributed by atoms with Crippen LogP contribution in [0.15, 0.2) is 65.6 Å². The molecule has 0 unspecified atom stereocenters. The Morgan fingerprint density at radius 2 is 1.71 bits per heavy atom. The number of anilines is 2. The van der Waals surface area contributed by atoms with Gasteiger partial charge in [-0.2, -0.15) is 0 Å². The molecule has 0 aliphatic rings. The Kier molecular flexibility index (Phi) is 3.51. The van der Waals surface area contributed by atoms with Crippen molar-refractivity contribution in [2.45, 2.75) is 6.92 Å². The quantitative estimate of drug-likeness (QED) is 0.770. The fraction of sp³-hybridized carbons (Fsp3) is 0.0588. The van der Waals surface area contributed by atoms with E-state index in [0.717, 1.165) is 16.8 Å². The largest absolute Gasteiger partial charge is 0.325 e. The van der Waals surface area contributed by atoms with Crippen molar-refractivity contribution in [2.75, 3.05) is 5.32 Å². The molecule has 3 aromatic rings. The van der Waals surface area contributed by atoms with Crippen LogP contribution in [0.25, 0.3) is 11.1 Å². The van der Waals surface area contributed by atoms with Gasteiger partial charge >= 0.3 is 0 Å². The van der Waals surface area contributed by atoms with Gasteiger partial charge in [0, 0.05) is 11.9 Å². The van der Waals surface area contributed by atoms with Crippen LogP contribution >= 0.6 is 0 Å². The minimum Gasteiger partial charge on any atom is -0.325 e. The third kappa shape index (κ3) is 2.84. The molecule has 1 aromatic heterocycles. The summed E-state index contributed by atoms with van der Waals surface area (Å²) in [6.07, 6.45) is 1.59. The summed E-state index contributed by atoms with van der Waals surface area (Å²) in [6, 6.07) is 17.3. The van der Waals surface area contributed by atoms with Crippen LogP contribution in [0.1, 0.15) is 5.56 Å². The van der Waals surface area contributed by atoms with Gasteiger partial charge in [0.2, 0.25) is 5.95 Å². The van der Waals surface area contributed by atoms with E-state index in [4.69, 9.17) is 0 Å². The average Bonchev–Trinajstić information content (AvgIpc) is 2.51. The van der Waals surface area contributed by atoms with E-state index in [9.17, 15) is 4.79 Å². The fourth-order valence-electron chi connectivity index (χ4n) is 2.12. The maximum absolute atomic E-state index is 12.2. The maximum Gasteiger partial charge on any atom is 0.260 e. The lowest BCUT2D eigenvalue weighted by Gasteiger charge is -2.08. The zero-order chi connectivity index (χ0) is 14.7. The van der Waals surface area contributed by atoms with Crippen LogP contribution in [-0.4, -0.2) is 9.97 Å². The molecule has 0 atom stereocenters. The first-order valence-corrected chi connectivity index (χ1v) is 6.71.